The lowest BCUT2D eigenvalue weighted by Gasteiger charge is -2.37. The molecule has 2 rings (SSSR count). The van der Waals surface area contributed by atoms with Gasteiger partial charge in [-0.2, -0.15) is 0 Å². The van der Waals surface area contributed by atoms with Crippen molar-refractivity contribution < 1.29 is 13.6 Å². The zero-order valence-electron chi connectivity index (χ0n) is 13.1. The molecule has 1 saturated heterocycles. The van der Waals surface area contributed by atoms with Crippen LogP contribution in [-0.4, -0.2) is 54.5 Å². The number of hydrogen-bond acceptors (Lipinski definition) is 3. The third-order valence-corrected chi connectivity index (χ3v) is 4.06. The summed E-state index contributed by atoms with van der Waals surface area (Å²) in [7, 11) is 0. The van der Waals surface area contributed by atoms with Crippen molar-refractivity contribution in [1.82, 2.24) is 9.80 Å². The largest absolute Gasteiger partial charge is 0.322 e. The Hall–Kier alpha value is -1.53. The van der Waals surface area contributed by atoms with Crippen LogP contribution in [-0.2, 0) is 4.79 Å². The normalized spacial score (nSPS) is 18.2. The summed E-state index contributed by atoms with van der Waals surface area (Å²) >= 11 is 0. The third-order valence-electron chi connectivity index (χ3n) is 4.06. The number of nitrogens with zero attached hydrogens (tertiary/aromatic N) is 2. The summed E-state index contributed by atoms with van der Waals surface area (Å²) in [6, 6.07) is 2.80. The van der Waals surface area contributed by atoms with Gasteiger partial charge in [-0.25, -0.2) is 8.78 Å². The molecule has 0 saturated carbocycles. The maximum Gasteiger partial charge on any atom is 0.241 e. The number of hydrogen-bond donors (Lipinski definition) is 1. The summed E-state index contributed by atoms with van der Waals surface area (Å²) in [5.74, 6) is -1.68. The highest BCUT2D eigenvalue weighted by Crippen LogP contribution is 2.16. The molecule has 1 aliphatic rings. The molecule has 0 bridgehead atoms. The first kappa shape index (κ1) is 16.8. The molecular formula is C16H23F2N3O. The molecular weight excluding hydrogens is 288 g/mol. The molecule has 1 atom stereocenters. The van der Waals surface area contributed by atoms with Crippen LogP contribution in [0.15, 0.2) is 18.2 Å². The van der Waals surface area contributed by atoms with Gasteiger partial charge in [0.2, 0.25) is 5.91 Å². The van der Waals surface area contributed by atoms with Crippen LogP contribution in [0.5, 0.6) is 0 Å². The molecule has 0 aliphatic carbocycles. The summed E-state index contributed by atoms with van der Waals surface area (Å²) in [5.41, 5.74) is 0.0165. The summed E-state index contributed by atoms with van der Waals surface area (Å²) < 4.78 is 26.4. The van der Waals surface area contributed by atoms with Crippen molar-refractivity contribution in [2.24, 2.45) is 0 Å². The van der Waals surface area contributed by atoms with Gasteiger partial charge in [0, 0.05) is 32.2 Å². The quantitative estimate of drug-likeness (QED) is 0.906. The van der Waals surface area contributed by atoms with E-state index in [2.05, 4.69) is 22.0 Å². The second-order valence-corrected chi connectivity index (χ2v) is 5.67. The molecule has 6 heteroatoms. The predicted molar refractivity (Wildman–Crippen MR) is 82.8 cm³/mol. The van der Waals surface area contributed by atoms with Gasteiger partial charge in [-0.1, -0.05) is 6.92 Å². The second-order valence-electron chi connectivity index (χ2n) is 5.67. The standard InChI is InChI=1S/C16H23F2N3O/c1-3-6-20-7-9-21(10-8-20)12(2)16(22)19-15-5-4-13(17)11-14(15)18/h4-5,11-12H,3,6-10H2,1-2H3,(H,19,22)/t12-/m0/s1. The van der Waals surface area contributed by atoms with Crippen LogP contribution in [0.2, 0.25) is 0 Å². The SMILES string of the molecule is CCCN1CCN([C@@H](C)C(=O)Nc2ccc(F)cc2F)CC1. The van der Waals surface area contributed by atoms with E-state index < -0.39 is 11.6 Å². The van der Waals surface area contributed by atoms with Crippen molar-refractivity contribution >= 4 is 11.6 Å². The number of rotatable bonds is 5. The summed E-state index contributed by atoms with van der Waals surface area (Å²) in [6.45, 7) is 8.56. The molecule has 1 heterocycles. The smallest absolute Gasteiger partial charge is 0.241 e. The number of nitrogens with one attached hydrogen (secondary N) is 1. The van der Waals surface area contributed by atoms with Crippen LogP contribution in [0, 0.1) is 11.6 Å². The fourth-order valence-corrected chi connectivity index (χ4v) is 2.68. The van der Waals surface area contributed by atoms with E-state index in [0.29, 0.717) is 0 Å². The van der Waals surface area contributed by atoms with Crippen LogP contribution in [0.25, 0.3) is 0 Å². The molecule has 1 N–H and O–H groups in total. The lowest BCUT2D eigenvalue weighted by molar-refractivity contribution is -0.121. The number of benzene rings is 1. The highest BCUT2D eigenvalue weighted by molar-refractivity contribution is 5.94. The highest BCUT2D eigenvalue weighted by Gasteiger charge is 2.25. The maximum atomic E-state index is 13.6. The lowest BCUT2D eigenvalue weighted by atomic mass is 10.2. The zero-order valence-corrected chi connectivity index (χ0v) is 13.1. The van der Waals surface area contributed by atoms with Gasteiger partial charge in [0.1, 0.15) is 11.6 Å². The van der Waals surface area contributed by atoms with Crippen molar-refractivity contribution in [1.29, 1.82) is 0 Å². The minimum absolute atomic E-state index is 0.0165. The predicted octanol–water partition coefficient (Wildman–Crippen LogP) is 2.32. The van der Waals surface area contributed by atoms with Gasteiger partial charge < -0.3 is 10.2 Å². The summed E-state index contributed by atoms with van der Waals surface area (Å²) in [4.78, 5) is 16.7. The van der Waals surface area contributed by atoms with Crippen LogP contribution < -0.4 is 5.32 Å². The molecule has 122 valence electrons. The van der Waals surface area contributed by atoms with Gasteiger partial charge in [-0.05, 0) is 32.0 Å². The average molecular weight is 311 g/mol. The molecule has 0 aromatic heterocycles. The Morgan fingerprint density at radius 2 is 1.95 bits per heavy atom. The number of amides is 1. The van der Waals surface area contributed by atoms with E-state index >= 15 is 0 Å². The van der Waals surface area contributed by atoms with Gasteiger partial charge in [0.05, 0.1) is 11.7 Å². The molecule has 4 nitrogen and oxygen atoms in total. The number of anilines is 1. The van der Waals surface area contributed by atoms with Crippen LogP contribution in [0.4, 0.5) is 14.5 Å². The molecule has 0 spiro atoms. The van der Waals surface area contributed by atoms with Gasteiger partial charge in [-0.3, -0.25) is 9.69 Å². The summed E-state index contributed by atoms with van der Waals surface area (Å²) in [5, 5.41) is 2.53. The maximum absolute atomic E-state index is 13.6. The molecule has 1 aromatic carbocycles. The number of halogens is 2. The monoisotopic (exact) mass is 311 g/mol. The first-order valence-electron chi connectivity index (χ1n) is 7.73. The van der Waals surface area contributed by atoms with Crippen molar-refractivity contribution in [3.8, 4) is 0 Å². The third kappa shape index (κ3) is 4.24. The Morgan fingerprint density at radius 1 is 1.27 bits per heavy atom. The fourth-order valence-electron chi connectivity index (χ4n) is 2.68. The molecule has 1 aromatic rings. The molecule has 1 aliphatic heterocycles. The van der Waals surface area contributed by atoms with Gasteiger partial charge in [0.15, 0.2) is 0 Å². The van der Waals surface area contributed by atoms with E-state index in [1.807, 2.05) is 6.92 Å². The minimum Gasteiger partial charge on any atom is -0.322 e. The van der Waals surface area contributed by atoms with Crippen LogP contribution >= 0.6 is 0 Å². The average Bonchev–Trinajstić information content (AvgIpc) is 2.50. The Bertz CT molecular complexity index is 516. The molecule has 22 heavy (non-hydrogen) atoms. The Labute approximate surface area is 130 Å². The minimum atomic E-state index is -0.756. The van der Waals surface area contributed by atoms with Crippen LogP contribution in [0.3, 0.4) is 0 Å². The molecule has 0 unspecified atom stereocenters. The Kier molecular flexibility index (Phi) is 5.85. The summed E-state index contributed by atoms with van der Waals surface area (Å²) in [6.07, 6.45) is 1.12. The van der Waals surface area contributed by atoms with E-state index in [1.54, 1.807) is 0 Å². The van der Waals surface area contributed by atoms with E-state index in [1.165, 1.54) is 6.07 Å². The van der Waals surface area contributed by atoms with Crippen molar-refractivity contribution in [3.63, 3.8) is 0 Å². The van der Waals surface area contributed by atoms with Gasteiger partial charge in [-0.15, -0.1) is 0 Å². The van der Waals surface area contributed by atoms with E-state index in [4.69, 9.17) is 0 Å². The van der Waals surface area contributed by atoms with E-state index in [-0.39, 0.29) is 17.6 Å². The van der Waals surface area contributed by atoms with Crippen molar-refractivity contribution in [3.05, 3.63) is 29.8 Å². The van der Waals surface area contributed by atoms with E-state index in [0.717, 1.165) is 51.3 Å². The second kappa shape index (κ2) is 7.65. The number of carbonyl (C=O) groups is 1. The Balaban J connectivity index is 1.90. The molecule has 1 fully saturated rings. The van der Waals surface area contributed by atoms with Crippen LogP contribution in [0.1, 0.15) is 20.3 Å². The first-order valence-corrected chi connectivity index (χ1v) is 7.73. The van der Waals surface area contributed by atoms with Gasteiger partial charge in [0.25, 0.3) is 0 Å². The molecule has 0 radical (unpaired) electrons. The Morgan fingerprint density at radius 3 is 2.55 bits per heavy atom. The number of piperazine rings is 1. The van der Waals surface area contributed by atoms with E-state index in [9.17, 15) is 13.6 Å². The van der Waals surface area contributed by atoms with Crippen molar-refractivity contribution in [2.45, 2.75) is 26.3 Å². The lowest BCUT2D eigenvalue weighted by Crippen LogP contribution is -2.52. The topological polar surface area (TPSA) is 35.6 Å². The fraction of sp³-hybridized carbons (Fsp3) is 0.562. The first-order chi connectivity index (χ1) is 10.5. The van der Waals surface area contributed by atoms with Gasteiger partial charge >= 0.3 is 0 Å². The number of carbonyl (C=O) groups excluding carboxylic acids is 1. The zero-order chi connectivity index (χ0) is 16.1. The molecule has 1 amide bonds. The van der Waals surface area contributed by atoms with Crippen molar-refractivity contribution in [2.75, 3.05) is 38.0 Å². The highest BCUT2D eigenvalue weighted by atomic mass is 19.1.